The molecule has 0 amide bonds. The first-order valence-corrected chi connectivity index (χ1v) is 18.6. The van der Waals surface area contributed by atoms with Crippen LogP contribution in [0.5, 0.6) is 0 Å². The van der Waals surface area contributed by atoms with Crippen LogP contribution in [0.4, 0.5) is 17.1 Å². The van der Waals surface area contributed by atoms with E-state index in [1.807, 2.05) is 79.0 Å². The number of hydrogen-bond donors (Lipinski definition) is 0. The maximum atomic E-state index is 5.14. The first kappa shape index (κ1) is 32.9. The van der Waals surface area contributed by atoms with Gasteiger partial charge in [-0.1, -0.05) is 152 Å². The normalized spacial score (nSPS) is 11.2. The fourth-order valence-corrected chi connectivity index (χ4v) is 7.37. The zero-order valence-corrected chi connectivity index (χ0v) is 30.3. The summed E-state index contributed by atoms with van der Waals surface area (Å²) in [5.41, 5.74) is 11.3. The van der Waals surface area contributed by atoms with Gasteiger partial charge in [-0.2, -0.15) is 0 Å². The summed E-state index contributed by atoms with van der Waals surface area (Å²) in [5, 5.41) is 2.25. The Morgan fingerprint density at radius 2 is 0.786 bits per heavy atom. The number of aromatic nitrogens is 5. The monoisotopic (exact) mass is 718 g/mol. The molecule has 0 radical (unpaired) electrons. The van der Waals surface area contributed by atoms with Crippen LogP contribution in [-0.4, -0.2) is 24.5 Å². The van der Waals surface area contributed by atoms with Crippen LogP contribution >= 0.6 is 0 Å². The molecule has 0 atom stereocenters. The van der Waals surface area contributed by atoms with Crippen molar-refractivity contribution in [2.24, 2.45) is 0 Å². The molecule has 0 aliphatic carbocycles. The fraction of sp³-hybridized carbons (Fsp3) is 0. The highest BCUT2D eigenvalue weighted by atomic mass is 15.2. The fourth-order valence-electron chi connectivity index (χ4n) is 7.37. The quantitative estimate of drug-likeness (QED) is 0.157. The van der Waals surface area contributed by atoms with Gasteiger partial charge in [0.2, 0.25) is 0 Å². The number of benzene rings is 7. The highest BCUT2D eigenvalue weighted by Crippen LogP contribution is 2.39. The molecule has 3 heterocycles. The molecule has 10 aromatic rings. The number of para-hydroxylation sites is 3. The van der Waals surface area contributed by atoms with Crippen LogP contribution in [0.15, 0.2) is 206 Å². The van der Waals surface area contributed by atoms with E-state index in [0.29, 0.717) is 17.5 Å². The Balaban J connectivity index is 0.993. The van der Waals surface area contributed by atoms with Gasteiger partial charge < -0.3 is 4.90 Å². The molecule has 0 spiro atoms. The molecule has 264 valence electrons. The Morgan fingerprint density at radius 3 is 1.32 bits per heavy atom. The lowest BCUT2D eigenvalue weighted by molar-refractivity contribution is 1.07. The summed E-state index contributed by atoms with van der Waals surface area (Å²) in [6, 6.07) is 68.9. The van der Waals surface area contributed by atoms with Gasteiger partial charge in [-0.05, 0) is 59.7 Å². The Morgan fingerprint density at radius 1 is 0.357 bits per heavy atom. The summed E-state index contributed by atoms with van der Waals surface area (Å²) in [6.45, 7) is 0. The minimum absolute atomic E-state index is 0.636. The summed E-state index contributed by atoms with van der Waals surface area (Å²) >= 11 is 0. The molecule has 0 fully saturated rings. The first-order chi connectivity index (χ1) is 27.8. The van der Waals surface area contributed by atoms with Crippen LogP contribution in [0.25, 0.3) is 72.9 Å². The van der Waals surface area contributed by atoms with Gasteiger partial charge in [0.25, 0.3) is 0 Å². The maximum Gasteiger partial charge on any atom is 0.164 e. The van der Waals surface area contributed by atoms with Crippen molar-refractivity contribution < 1.29 is 0 Å². The van der Waals surface area contributed by atoms with Crippen LogP contribution in [0, 0.1) is 0 Å². The topological polar surface area (TPSA) is 59.7 Å². The molecule has 10 rings (SSSR count). The average molecular weight is 719 g/mol. The first-order valence-electron chi connectivity index (χ1n) is 18.6. The Bertz CT molecular complexity index is 2830. The molecule has 0 aliphatic rings. The van der Waals surface area contributed by atoms with Gasteiger partial charge in [0, 0.05) is 44.5 Å². The molecule has 0 saturated carbocycles. The van der Waals surface area contributed by atoms with Crippen molar-refractivity contribution in [3.63, 3.8) is 0 Å². The van der Waals surface area contributed by atoms with E-state index in [4.69, 9.17) is 19.9 Å². The number of fused-ring (bicyclic) bond motifs is 3. The van der Waals surface area contributed by atoms with E-state index in [-0.39, 0.29) is 0 Å². The number of hydrogen-bond acceptors (Lipinski definition) is 5. The number of anilines is 3. The summed E-state index contributed by atoms with van der Waals surface area (Å²) in [4.78, 5) is 22.0. The van der Waals surface area contributed by atoms with E-state index in [9.17, 15) is 0 Å². The highest BCUT2D eigenvalue weighted by molar-refractivity contribution is 6.09. The van der Waals surface area contributed by atoms with Gasteiger partial charge in [0.15, 0.2) is 17.5 Å². The SMILES string of the molecule is c1ccc(-c2nc(-c3ccccc3)nc(-c3ccc(-c4ccc(-n5c6ccccc6c6cc(N(c7ccccc7)c7ccccc7)cnc65)cc4)cc3)n2)cc1. The van der Waals surface area contributed by atoms with Gasteiger partial charge >= 0.3 is 0 Å². The van der Waals surface area contributed by atoms with Crippen LogP contribution in [-0.2, 0) is 0 Å². The van der Waals surface area contributed by atoms with Crippen LogP contribution < -0.4 is 4.90 Å². The number of nitrogens with zero attached hydrogens (tertiary/aromatic N) is 6. The average Bonchev–Trinajstić information content (AvgIpc) is 3.61. The third kappa shape index (κ3) is 6.15. The molecule has 0 bridgehead atoms. The van der Waals surface area contributed by atoms with Gasteiger partial charge in [-0.3, -0.25) is 4.57 Å². The van der Waals surface area contributed by atoms with Gasteiger partial charge in [0.1, 0.15) is 5.65 Å². The molecular weight excluding hydrogens is 685 g/mol. The molecule has 0 aliphatic heterocycles. The van der Waals surface area contributed by atoms with Crippen molar-refractivity contribution in [1.29, 1.82) is 0 Å². The zero-order chi connectivity index (χ0) is 37.3. The van der Waals surface area contributed by atoms with Gasteiger partial charge in [-0.25, -0.2) is 19.9 Å². The van der Waals surface area contributed by atoms with Crippen molar-refractivity contribution in [1.82, 2.24) is 24.5 Å². The minimum atomic E-state index is 0.636. The lowest BCUT2D eigenvalue weighted by Gasteiger charge is -2.25. The lowest BCUT2D eigenvalue weighted by atomic mass is 10.0. The summed E-state index contributed by atoms with van der Waals surface area (Å²) in [5.74, 6) is 1.93. The Hall–Kier alpha value is -7.70. The molecule has 7 aromatic carbocycles. The molecule has 6 heteroatoms. The second-order valence-electron chi connectivity index (χ2n) is 13.6. The summed E-state index contributed by atoms with van der Waals surface area (Å²) < 4.78 is 2.26. The van der Waals surface area contributed by atoms with Gasteiger partial charge in [-0.15, -0.1) is 0 Å². The summed E-state index contributed by atoms with van der Waals surface area (Å²) in [7, 11) is 0. The van der Waals surface area contributed by atoms with Crippen molar-refractivity contribution in [2.45, 2.75) is 0 Å². The van der Waals surface area contributed by atoms with Crippen molar-refractivity contribution in [2.75, 3.05) is 4.90 Å². The van der Waals surface area contributed by atoms with Crippen molar-refractivity contribution in [3.05, 3.63) is 206 Å². The third-order valence-electron chi connectivity index (χ3n) is 10.1. The van der Waals surface area contributed by atoms with E-state index in [1.54, 1.807) is 0 Å². The van der Waals surface area contributed by atoms with Crippen molar-refractivity contribution >= 4 is 39.0 Å². The predicted octanol–water partition coefficient (Wildman–Crippen LogP) is 12.5. The number of pyridine rings is 1. The third-order valence-corrected chi connectivity index (χ3v) is 10.1. The van der Waals surface area contributed by atoms with E-state index in [0.717, 1.165) is 72.5 Å². The molecule has 6 nitrogen and oxygen atoms in total. The maximum absolute atomic E-state index is 5.14. The Labute approximate surface area is 324 Å². The molecule has 3 aromatic heterocycles. The van der Waals surface area contributed by atoms with E-state index < -0.39 is 0 Å². The van der Waals surface area contributed by atoms with E-state index >= 15 is 0 Å². The van der Waals surface area contributed by atoms with E-state index in [1.165, 1.54) is 0 Å². The van der Waals surface area contributed by atoms with Crippen LogP contribution in [0.3, 0.4) is 0 Å². The Kier molecular flexibility index (Phi) is 8.39. The molecule has 56 heavy (non-hydrogen) atoms. The molecule has 0 unspecified atom stereocenters. The zero-order valence-electron chi connectivity index (χ0n) is 30.3. The largest absolute Gasteiger partial charge is 0.309 e. The van der Waals surface area contributed by atoms with Crippen LogP contribution in [0.2, 0.25) is 0 Å². The highest BCUT2D eigenvalue weighted by Gasteiger charge is 2.18. The van der Waals surface area contributed by atoms with E-state index in [2.05, 4.69) is 137 Å². The smallest absolute Gasteiger partial charge is 0.164 e. The summed E-state index contributed by atoms with van der Waals surface area (Å²) in [6.07, 6.45) is 1.98. The van der Waals surface area contributed by atoms with Gasteiger partial charge in [0.05, 0.1) is 17.4 Å². The lowest BCUT2D eigenvalue weighted by Crippen LogP contribution is -2.10. The second kappa shape index (κ2) is 14.3. The molecule has 0 N–H and O–H groups in total. The molecular formula is C50H34N6. The predicted molar refractivity (Wildman–Crippen MR) is 228 cm³/mol. The standard InChI is InChI=1S/C50H34N6/c1-5-15-37(16-6-1)47-52-48(38-17-7-2-8-18-38)54-49(53-47)39-27-25-35(26-28-39)36-29-31-42(32-30-36)56-46-24-14-13-23-44(46)45-33-43(34-51-50(45)56)55(40-19-9-3-10-20-40)41-21-11-4-12-22-41/h1-34H. The number of rotatable bonds is 8. The minimum Gasteiger partial charge on any atom is -0.309 e. The second-order valence-corrected chi connectivity index (χ2v) is 13.6. The van der Waals surface area contributed by atoms with Crippen molar-refractivity contribution in [3.8, 4) is 51.0 Å². The van der Waals surface area contributed by atoms with Crippen LogP contribution in [0.1, 0.15) is 0 Å². The molecule has 0 saturated heterocycles.